The third-order valence-corrected chi connectivity index (χ3v) is 2.14. The van der Waals surface area contributed by atoms with E-state index in [2.05, 4.69) is 25.9 Å². The molecule has 11 heavy (non-hydrogen) atoms. The van der Waals surface area contributed by atoms with Crippen molar-refractivity contribution in [1.29, 1.82) is 0 Å². The van der Waals surface area contributed by atoms with E-state index in [-0.39, 0.29) is 0 Å². The minimum Gasteiger partial charge on any atom is -0.360 e. The lowest BCUT2D eigenvalue weighted by Crippen LogP contribution is -1.79. The molecule has 0 aromatic carbocycles. The molecule has 2 rings (SSSR count). The summed E-state index contributed by atoms with van der Waals surface area (Å²) in [5.74, 6) is -0.466. The highest BCUT2D eigenvalue weighted by atomic mass is 79.9. The van der Waals surface area contributed by atoms with E-state index in [1.807, 2.05) is 0 Å². The highest BCUT2D eigenvalue weighted by Gasteiger charge is 2.01. The van der Waals surface area contributed by atoms with Gasteiger partial charge in [-0.2, -0.15) is 4.39 Å². The van der Waals surface area contributed by atoms with E-state index < -0.39 is 5.95 Å². The van der Waals surface area contributed by atoms with Crippen molar-refractivity contribution in [2.75, 3.05) is 0 Å². The van der Waals surface area contributed by atoms with Crippen LogP contribution in [0.4, 0.5) is 4.39 Å². The standard InChI is InChI=1S/C7H4BrFN2/c8-5-3-10-6-1-7(9)11-2-4(5)6/h1-3,10H. The van der Waals surface area contributed by atoms with Gasteiger partial charge in [0.05, 0.1) is 5.52 Å². The number of H-pyrrole nitrogens is 1. The Balaban J connectivity index is 2.86. The minimum atomic E-state index is -0.466. The summed E-state index contributed by atoms with van der Waals surface area (Å²) in [7, 11) is 0. The monoisotopic (exact) mass is 214 g/mol. The molecule has 1 N–H and O–H groups in total. The summed E-state index contributed by atoms with van der Waals surface area (Å²) in [4.78, 5) is 6.43. The second-order valence-electron chi connectivity index (χ2n) is 2.19. The first-order valence-electron chi connectivity index (χ1n) is 3.05. The number of aromatic nitrogens is 2. The number of nitrogens with one attached hydrogen (secondary N) is 1. The van der Waals surface area contributed by atoms with Crippen LogP contribution in [0.2, 0.25) is 0 Å². The van der Waals surface area contributed by atoms with Crippen LogP contribution in [0, 0.1) is 5.95 Å². The molecule has 4 heteroatoms. The molecule has 0 bridgehead atoms. The molecule has 0 aliphatic rings. The molecule has 0 amide bonds. The fraction of sp³-hybridized carbons (Fsp3) is 0. The van der Waals surface area contributed by atoms with Gasteiger partial charge in [-0.1, -0.05) is 0 Å². The molecule has 2 heterocycles. The van der Waals surface area contributed by atoms with Gasteiger partial charge in [0.25, 0.3) is 0 Å². The Morgan fingerprint density at radius 3 is 3.18 bits per heavy atom. The average molecular weight is 215 g/mol. The van der Waals surface area contributed by atoms with E-state index in [1.54, 1.807) is 6.20 Å². The first-order valence-corrected chi connectivity index (χ1v) is 3.85. The van der Waals surface area contributed by atoms with Crippen molar-refractivity contribution >= 4 is 26.8 Å². The lowest BCUT2D eigenvalue weighted by molar-refractivity contribution is 0.586. The molecular formula is C7H4BrFN2. The predicted octanol–water partition coefficient (Wildman–Crippen LogP) is 2.46. The second kappa shape index (κ2) is 2.30. The Morgan fingerprint density at radius 1 is 1.55 bits per heavy atom. The van der Waals surface area contributed by atoms with E-state index in [0.29, 0.717) is 0 Å². The summed E-state index contributed by atoms with van der Waals surface area (Å²) < 4.78 is 13.4. The summed E-state index contributed by atoms with van der Waals surface area (Å²) in [5.41, 5.74) is 0.754. The maximum absolute atomic E-state index is 12.5. The van der Waals surface area contributed by atoms with Crippen LogP contribution in [-0.4, -0.2) is 9.97 Å². The fourth-order valence-corrected chi connectivity index (χ4v) is 1.39. The lowest BCUT2D eigenvalue weighted by atomic mass is 10.3. The second-order valence-corrected chi connectivity index (χ2v) is 3.04. The maximum Gasteiger partial charge on any atom is 0.214 e. The van der Waals surface area contributed by atoms with Crippen LogP contribution in [0.3, 0.4) is 0 Å². The molecule has 56 valence electrons. The fourth-order valence-electron chi connectivity index (χ4n) is 0.958. The van der Waals surface area contributed by atoms with Crippen LogP contribution in [0.15, 0.2) is 22.9 Å². The highest BCUT2D eigenvalue weighted by molar-refractivity contribution is 9.10. The first-order chi connectivity index (χ1) is 5.27. The van der Waals surface area contributed by atoms with Crippen LogP contribution < -0.4 is 0 Å². The van der Waals surface area contributed by atoms with Gasteiger partial charge in [0.15, 0.2) is 0 Å². The molecule has 0 atom stereocenters. The molecule has 0 unspecified atom stereocenters. The average Bonchev–Trinajstić information content (AvgIpc) is 2.32. The molecule has 0 spiro atoms. The van der Waals surface area contributed by atoms with Crippen molar-refractivity contribution in [3.63, 3.8) is 0 Å². The Hall–Kier alpha value is -0.900. The maximum atomic E-state index is 12.5. The Bertz CT molecular complexity index is 396. The molecule has 2 nitrogen and oxygen atoms in total. The van der Waals surface area contributed by atoms with Crippen LogP contribution >= 0.6 is 15.9 Å². The third-order valence-electron chi connectivity index (χ3n) is 1.48. The molecule has 0 saturated heterocycles. The molecule has 0 saturated carbocycles. The van der Waals surface area contributed by atoms with Gasteiger partial charge < -0.3 is 4.98 Å². The zero-order valence-corrected chi connectivity index (χ0v) is 7.02. The number of rotatable bonds is 0. The van der Waals surface area contributed by atoms with Crippen LogP contribution in [0.1, 0.15) is 0 Å². The molecule has 2 aromatic heterocycles. The molecule has 0 radical (unpaired) electrons. The van der Waals surface area contributed by atoms with Gasteiger partial charge in [0.1, 0.15) is 0 Å². The van der Waals surface area contributed by atoms with E-state index in [1.165, 1.54) is 12.3 Å². The Labute approximate surface area is 70.6 Å². The van der Waals surface area contributed by atoms with Gasteiger partial charge in [-0.15, -0.1) is 0 Å². The van der Waals surface area contributed by atoms with Crippen molar-refractivity contribution in [1.82, 2.24) is 9.97 Å². The SMILES string of the molecule is Fc1cc2[nH]cc(Br)c2cn1. The van der Waals surface area contributed by atoms with Gasteiger partial charge in [0.2, 0.25) is 5.95 Å². The van der Waals surface area contributed by atoms with Gasteiger partial charge in [-0.3, -0.25) is 0 Å². The number of hydrogen-bond donors (Lipinski definition) is 1. The van der Waals surface area contributed by atoms with E-state index in [9.17, 15) is 4.39 Å². The van der Waals surface area contributed by atoms with Gasteiger partial charge in [-0.25, -0.2) is 4.98 Å². The first kappa shape index (κ1) is 6.79. The molecule has 0 fully saturated rings. The van der Waals surface area contributed by atoms with Crippen molar-refractivity contribution in [3.8, 4) is 0 Å². The number of nitrogens with zero attached hydrogens (tertiary/aromatic N) is 1. The molecule has 0 aliphatic heterocycles. The number of pyridine rings is 1. The van der Waals surface area contributed by atoms with Gasteiger partial charge in [-0.05, 0) is 15.9 Å². The molecule has 0 aliphatic carbocycles. The van der Waals surface area contributed by atoms with E-state index >= 15 is 0 Å². The number of halogens is 2. The van der Waals surface area contributed by atoms with Gasteiger partial charge in [0, 0.05) is 28.3 Å². The Morgan fingerprint density at radius 2 is 2.36 bits per heavy atom. The lowest BCUT2D eigenvalue weighted by Gasteiger charge is -1.88. The largest absolute Gasteiger partial charge is 0.360 e. The molecular weight excluding hydrogens is 211 g/mol. The summed E-state index contributed by atoms with van der Waals surface area (Å²) in [6.07, 6.45) is 3.25. The van der Waals surface area contributed by atoms with Crippen molar-refractivity contribution < 1.29 is 4.39 Å². The zero-order chi connectivity index (χ0) is 7.84. The zero-order valence-electron chi connectivity index (χ0n) is 5.44. The summed E-state index contributed by atoms with van der Waals surface area (Å²) >= 11 is 3.30. The smallest absolute Gasteiger partial charge is 0.214 e. The third kappa shape index (κ3) is 1.03. The van der Waals surface area contributed by atoms with Crippen molar-refractivity contribution in [2.45, 2.75) is 0 Å². The number of aromatic amines is 1. The highest BCUT2D eigenvalue weighted by Crippen LogP contribution is 2.22. The molecule has 2 aromatic rings. The van der Waals surface area contributed by atoms with E-state index in [4.69, 9.17) is 0 Å². The number of fused-ring (bicyclic) bond motifs is 1. The van der Waals surface area contributed by atoms with Crippen LogP contribution in [0.25, 0.3) is 10.9 Å². The Kier molecular flexibility index (Phi) is 1.42. The van der Waals surface area contributed by atoms with Gasteiger partial charge >= 0.3 is 0 Å². The van der Waals surface area contributed by atoms with Crippen molar-refractivity contribution in [3.05, 3.63) is 28.9 Å². The van der Waals surface area contributed by atoms with Crippen LogP contribution in [0.5, 0.6) is 0 Å². The minimum absolute atomic E-state index is 0.466. The van der Waals surface area contributed by atoms with Crippen molar-refractivity contribution in [2.24, 2.45) is 0 Å². The summed E-state index contributed by atoms with van der Waals surface area (Å²) in [5, 5.41) is 0.895. The topological polar surface area (TPSA) is 28.7 Å². The quantitative estimate of drug-likeness (QED) is 0.671. The van der Waals surface area contributed by atoms with Crippen LogP contribution in [-0.2, 0) is 0 Å². The normalized spacial score (nSPS) is 10.7. The number of hydrogen-bond acceptors (Lipinski definition) is 1. The predicted molar refractivity (Wildman–Crippen MR) is 43.8 cm³/mol. The summed E-state index contributed by atoms with van der Waals surface area (Å²) in [6, 6.07) is 1.36. The van der Waals surface area contributed by atoms with E-state index in [0.717, 1.165) is 15.4 Å². The summed E-state index contributed by atoms with van der Waals surface area (Å²) in [6.45, 7) is 0.